The molecule has 0 aromatic carbocycles. The molecular formula is C11H13F3N2O3S. The first kappa shape index (κ1) is 16.4. The molecule has 0 spiro atoms. The van der Waals surface area contributed by atoms with Gasteiger partial charge in [-0.1, -0.05) is 6.07 Å². The first-order chi connectivity index (χ1) is 9.12. The molecule has 2 amide bonds. The fourth-order valence-corrected chi connectivity index (χ4v) is 2.05. The summed E-state index contributed by atoms with van der Waals surface area (Å²) in [4.78, 5) is 22.9. The van der Waals surface area contributed by atoms with Gasteiger partial charge in [-0.3, -0.25) is 9.59 Å². The number of nitrogens with one attached hydrogen (secondary N) is 2. The van der Waals surface area contributed by atoms with Crippen molar-refractivity contribution in [3.05, 3.63) is 22.4 Å². The van der Waals surface area contributed by atoms with Crippen LogP contribution >= 0.6 is 11.3 Å². The molecule has 0 aliphatic carbocycles. The summed E-state index contributed by atoms with van der Waals surface area (Å²) < 4.78 is 35.6. The van der Waals surface area contributed by atoms with Gasteiger partial charge >= 0.3 is 18.0 Å². The highest BCUT2D eigenvalue weighted by molar-refractivity contribution is 7.10. The van der Waals surface area contributed by atoms with Crippen molar-refractivity contribution < 1.29 is 27.9 Å². The van der Waals surface area contributed by atoms with Crippen LogP contribution < -0.4 is 10.6 Å². The molecular weight excluding hydrogens is 297 g/mol. The predicted octanol–water partition coefficient (Wildman–Crippen LogP) is 0.750. The van der Waals surface area contributed by atoms with Gasteiger partial charge < -0.3 is 15.7 Å². The van der Waals surface area contributed by atoms with Crippen molar-refractivity contribution in [1.29, 1.82) is 0 Å². The third-order valence-electron chi connectivity index (χ3n) is 2.30. The Kier molecular flexibility index (Phi) is 5.12. The van der Waals surface area contributed by atoms with Gasteiger partial charge in [0.25, 0.3) is 0 Å². The summed E-state index contributed by atoms with van der Waals surface area (Å²) in [6.07, 6.45) is -4.58. The fourth-order valence-electron chi connectivity index (χ4n) is 1.27. The van der Waals surface area contributed by atoms with Gasteiger partial charge in [0.15, 0.2) is 0 Å². The Bertz CT molecular complexity index is 472. The minimum Gasteiger partial charge on any atom is -0.383 e. The molecule has 1 unspecified atom stereocenters. The van der Waals surface area contributed by atoms with Crippen LogP contribution in [-0.4, -0.2) is 36.2 Å². The Morgan fingerprint density at radius 1 is 1.25 bits per heavy atom. The zero-order chi connectivity index (χ0) is 15.4. The average Bonchev–Trinajstić information content (AvgIpc) is 2.86. The number of rotatable bonds is 4. The molecule has 1 heterocycles. The molecule has 112 valence electrons. The van der Waals surface area contributed by atoms with Gasteiger partial charge in [0.2, 0.25) is 0 Å². The highest BCUT2D eigenvalue weighted by Crippen LogP contribution is 2.24. The number of alkyl halides is 3. The second-order valence-corrected chi connectivity index (χ2v) is 5.18. The zero-order valence-corrected chi connectivity index (χ0v) is 11.3. The molecule has 0 saturated carbocycles. The van der Waals surface area contributed by atoms with Crippen LogP contribution in [0.3, 0.4) is 0 Å². The fraction of sp³-hybridized carbons (Fsp3) is 0.455. The monoisotopic (exact) mass is 310 g/mol. The highest BCUT2D eigenvalue weighted by Gasteiger charge is 2.30. The minimum atomic E-state index is -4.58. The van der Waals surface area contributed by atoms with Crippen molar-refractivity contribution in [3.8, 4) is 0 Å². The first-order valence-corrected chi connectivity index (χ1v) is 6.39. The van der Waals surface area contributed by atoms with E-state index >= 15 is 0 Å². The van der Waals surface area contributed by atoms with E-state index in [1.54, 1.807) is 17.5 Å². The topological polar surface area (TPSA) is 78.4 Å². The lowest BCUT2D eigenvalue weighted by Gasteiger charge is -2.22. The molecule has 0 bridgehead atoms. The lowest BCUT2D eigenvalue weighted by molar-refractivity contribution is -0.146. The van der Waals surface area contributed by atoms with Gasteiger partial charge in [0.05, 0.1) is 6.54 Å². The van der Waals surface area contributed by atoms with Crippen molar-refractivity contribution in [2.75, 3.05) is 13.1 Å². The Balaban J connectivity index is 2.45. The molecule has 0 radical (unpaired) electrons. The maximum atomic E-state index is 11.9. The number of carbonyl (C=O) groups is 2. The molecule has 0 fully saturated rings. The summed E-state index contributed by atoms with van der Waals surface area (Å²) in [5, 5.41) is 15.3. The summed E-state index contributed by atoms with van der Waals surface area (Å²) in [6, 6.07) is 3.34. The molecule has 9 heteroatoms. The number of carbonyl (C=O) groups excluding carboxylic acids is 2. The molecule has 0 saturated heterocycles. The van der Waals surface area contributed by atoms with E-state index in [4.69, 9.17) is 0 Å². The van der Waals surface area contributed by atoms with Gasteiger partial charge in [-0.15, -0.1) is 11.3 Å². The maximum absolute atomic E-state index is 11.9. The van der Waals surface area contributed by atoms with Crippen molar-refractivity contribution in [3.63, 3.8) is 0 Å². The Morgan fingerprint density at radius 3 is 2.25 bits per heavy atom. The standard InChI is InChI=1S/C11H13F3N2O3S/c1-10(19,7-3-2-4-20-7)5-15-8(17)9(18)16-6-11(12,13)14/h2-4,19H,5-6H2,1H3,(H,15,17)(H,16,18). The Morgan fingerprint density at radius 2 is 1.80 bits per heavy atom. The van der Waals surface area contributed by atoms with E-state index in [1.807, 2.05) is 0 Å². The van der Waals surface area contributed by atoms with E-state index in [0.717, 1.165) is 0 Å². The van der Waals surface area contributed by atoms with Crippen LogP contribution in [0.25, 0.3) is 0 Å². The van der Waals surface area contributed by atoms with Crippen LogP contribution in [0.1, 0.15) is 11.8 Å². The van der Waals surface area contributed by atoms with E-state index in [2.05, 4.69) is 5.32 Å². The summed E-state index contributed by atoms with van der Waals surface area (Å²) in [6.45, 7) is -0.445. The lowest BCUT2D eigenvalue weighted by Crippen LogP contribution is -2.47. The largest absolute Gasteiger partial charge is 0.405 e. The molecule has 1 atom stereocenters. The number of hydrogen-bond donors (Lipinski definition) is 3. The Labute approximate surface area is 116 Å². The summed E-state index contributed by atoms with van der Waals surface area (Å²) in [7, 11) is 0. The summed E-state index contributed by atoms with van der Waals surface area (Å²) in [5.74, 6) is -2.63. The van der Waals surface area contributed by atoms with Gasteiger partial charge in [0, 0.05) is 4.88 Å². The molecule has 20 heavy (non-hydrogen) atoms. The number of hydrogen-bond acceptors (Lipinski definition) is 4. The van der Waals surface area contributed by atoms with Crippen LogP contribution in [0.15, 0.2) is 17.5 Å². The minimum absolute atomic E-state index is 0.286. The van der Waals surface area contributed by atoms with Crippen LogP contribution in [0.5, 0.6) is 0 Å². The molecule has 1 aromatic heterocycles. The van der Waals surface area contributed by atoms with E-state index in [0.29, 0.717) is 4.88 Å². The quantitative estimate of drug-likeness (QED) is 0.718. The number of halogens is 3. The Hall–Kier alpha value is -1.61. The highest BCUT2D eigenvalue weighted by atomic mass is 32.1. The second-order valence-electron chi connectivity index (χ2n) is 4.23. The molecule has 1 aromatic rings. The van der Waals surface area contributed by atoms with E-state index in [9.17, 15) is 27.9 Å². The molecule has 5 nitrogen and oxygen atoms in total. The maximum Gasteiger partial charge on any atom is 0.405 e. The van der Waals surface area contributed by atoms with E-state index in [-0.39, 0.29) is 6.54 Å². The van der Waals surface area contributed by atoms with E-state index in [1.165, 1.54) is 23.6 Å². The molecule has 0 aliphatic rings. The lowest BCUT2D eigenvalue weighted by atomic mass is 10.1. The van der Waals surface area contributed by atoms with Crippen LogP contribution in [0.2, 0.25) is 0 Å². The average molecular weight is 310 g/mol. The van der Waals surface area contributed by atoms with Crippen LogP contribution in [-0.2, 0) is 15.2 Å². The number of thiophene rings is 1. The van der Waals surface area contributed by atoms with Crippen molar-refractivity contribution in [2.45, 2.75) is 18.7 Å². The SMILES string of the molecule is CC(O)(CNC(=O)C(=O)NCC(F)(F)F)c1cccs1. The van der Waals surface area contributed by atoms with Crippen molar-refractivity contribution in [2.24, 2.45) is 0 Å². The van der Waals surface area contributed by atoms with Crippen LogP contribution in [0.4, 0.5) is 13.2 Å². The third kappa shape index (κ3) is 5.17. The van der Waals surface area contributed by atoms with Crippen molar-refractivity contribution in [1.82, 2.24) is 10.6 Å². The van der Waals surface area contributed by atoms with Crippen molar-refractivity contribution >= 4 is 23.2 Å². The number of amides is 2. The molecule has 3 N–H and O–H groups in total. The summed E-state index contributed by atoms with van der Waals surface area (Å²) in [5.41, 5.74) is -1.39. The molecule has 1 rings (SSSR count). The van der Waals surface area contributed by atoms with Gasteiger partial charge in [-0.25, -0.2) is 0 Å². The second kappa shape index (κ2) is 6.23. The smallest absolute Gasteiger partial charge is 0.383 e. The van der Waals surface area contributed by atoms with Crippen LogP contribution in [0, 0.1) is 0 Å². The van der Waals surface area contributed by atoms with Gasteiger partial charge in [0.1, 0.15) is 12.1 Å². The van der Waals surface area contributed by atoms with Gasteiger partial charge in [-0.2, -0.15) is 13.2 Å². The normalized spacial score (nSPS) is 14.4. The predicted molar refractivity (Wildman–Crippen MR) is 66.0 cm³/mol. The van der Waals surface area contributed by atoms with Gasteiger partial charge in [-0.05, 0) is 18.4 Å². The zero-order valence-electron chi connectivity index (χ0n) is 10.5. The summed E-state index contributed by atoms with van der Waals surface area (Å²) >= 11 is 1.25. The third-order valence-corrected chi connectivity index (χ3v) is 3.42. The van der Waals surface area contributed by atoms with E-state index < -0.39 is 30.1 Å². The molecule has 0 aliphatic heterocycles. The first-order valence-electron chi connectivity index (χ1n) is 5.51. The number of aliphatic hydroxyl groups is 1.